The standard InChI is InChI=1S/C10H14F3O3.Al/c1-4-15-8(14)7-5-6(2)9(3,16-7)10(11,12)13;/h5-7H,4H2,1-3H3;/t6-,7?,9+;/m0./s1. The lowest BCUT2D eigenvalue weighted by Gasteiger charge is -2.31. The Morgan fingerprint density at radius 1 is 1.53 bits per heavy atom. The molecule has 0 amide bonds. The largest absolute Gasteiger partial charge is 0.464 e. The van der Waals surface area contributed by atoms with Gasteiger partial charge in [0, 0.05) is 0 Å². The first-order valence-corrected chi connectivity index (χ1v) is 5.98. The molecule has 96 valence electrons. The maximum Gasteiger partial charge on any atom is 0.417 e. The van der Waals surface area contributed by atoms with Gasteiger partial charge in [-0.3, -0.25) is 0 Å². The fraction of sp³-hybridized carbons (Fsp3) is 0.900. The molecule has 0 bridgehead atoms. The van der Waals surface area contributed by atoms with Crippen LogP contribution in [0.3, 0.4) is 0 Å². The van der Waals surface area contributed by atoms with Crippen LogP contribution in [0.4, 0.5) is 13.2 Å². The average Bonchev–Trinajstić information content (AvgIpc) is 2.43. The van der Waals surface area contributed by atoms with Crippen molar-refractivity contribution in [3.63, 3.8) is 0 Å². The van der Waals surface area contributed by atoms with E-state index < -0.39 is 34.5 Å². The second-order valence-electron chi connectivity index (χ2n) is 4.26. The zero-order chi connectivity index (χ0) is 13.4. The molecule has 1 heterocycles. The fourth-order valence-electron chi connectivity index (χ4n) is 1.83. The Labute approximate surface area is 106 Å². The summed E-state index contributed by atoms with van der Waals surface area (Å²) < 4.78 is 47.7. The maximum absolute atomic E-state index is 12.9. The van der Waals surface area contributed by atoms with E-state index in [9.17, 15) is 18.0 Å². The highest BCUT2D eigenvalue weighted by Crippen LogP contribution is 2.51. The van der Waals surface area contributed by atoms with Crippen molar-refractivity contribution in [1.82, 2.24) is 0 Å². The van der Waals surface area contributed by atoms with Crippen molar-refractivity contribution in [2.24, 2.45) is 5.92 Å². The van der Waals surface area contributed by atoms with E-state index in [0.717, 1.165) is 6.92 Å². The Kier molecular flexibility index (Phi) is 4.17. The molecule has 0 N–H and O–H groups in total. The van der Waals surface area contributed by atoms with Gasteiger partial charge in [-0.2, -0.15) is 13.2 Å². The molecule has 0 saturated carbocycles. The highest BCUT2D eigenvalue weighted by molar-refractivity contribution is 6.14. The van der Waals surface area contributed by atoms with Crippen molar-refractivity contribution in [1.29, 1.82) is 0 Å². The summed E-state index contributed by atoms with van der Waals surface area (Å²) in [5.41, 5.74) is -2.31. The van der Waals surface area contributed by atoms with Crippen LogP contribution in [0.2, 0.25) is 4.78 Å². The molecule has 1 saturated heterocycles. The smallest absolute Gasteiger partial charge is 0.417 e. The van der Waals surface area contributed by atoms with Crippen molar-refractivity contribution in [2.75, 3.05) is 6.61 Å². The summed E-state index contributed by atoms with van der Waals surface area (Å²) in [6.07, 6.45) is -5.69. The molecule has 0 spiro atoms. The third kappa shape index (κ3) is 2.47. The van der Waals surface area contributed by atoms with Crippen molar-refractivity contribution in [3.05, 3.63) is 0 Å². The van der Waals surface area contributed by atoms with Gasteiger partial charge < -0.3 is 9.47 Å². The van der Waals surface area contributed by atoms with Crippen LogP contribution in [0.25, 0.3) is 0 Å². The Hall–Kier alpha value is -0.248. The minimum atomic E-state index is -4.51. The number of ether oxygens (including phenoxy) is 2. The van der Waals surface area contributed by atoms with Crippen molar-refractivity contribution in [3.8, 4) is 0 Å². The number of alkyl halides is 3. The van der Waals surface area contributed by atoms with Gasteiger partial charge in [0.1, 0.15) is 22.4 Å². The van der Waals surface area contributed by atoms with Gasteiger partial charge >= 0.3 is 12.1 Å². The Morgan fingerprint density at radius 3 is 2.41 bits per heavy atom. The first kappa shape index (κ1) is 14.8. The summed E-state index contributed by atoms with van der Waals surface area (Å²) in [6, 6.07) is 0. The van der Waals surface area contributed by atoms with Gasteiger partial charge in [0.05, 0.1) is 6.61 Å². The normalized spacial score (nSPS) is 38.1. The van der Waals surface area contributed by atoms with Crippen LogP contribution >= 0.6 is 0 Å². The monoisotopic (exact) mass is 266 g/mol. The lowest BCUT2D eigenvalue weighted by Crippen LogP contribution is -2.47. The Morgan fingerprint density at radius 2 is 2.06 bits per heavy atom. The summed E-state index contributed by atoms with van der Waals surface area (Å²) in [5.74, 6) is -1.57. The van der Waals surface area contributed by atoms with Gasteiger partial charge in [-0.1, -0.05) is 11.7 Å². The molecule has 3 nitrogen and oxygen atoms in total. The van der Waals surface area contributed by atoms with Gasteiger partial charge in [-0.15, -0.1) is 0 Å². The van der Waals surface area contributed by atoms with Crippen molar-refractivity contribution in [2.45, 2.75) is 43.4 Å². The zero-order valence-corrected chi connectivity index (χ0v) is 11.0. The molecule has 0 aliphatic carbocycles. The highest BCUT2D eigenvalue weighted by Gasteiger charge is 2.63. The number of carbonyl (C=O) groups is 1. The number of rotatable bonds is 2. The van der Waals surface area contributed by atoms with Crippen LogP contribution in [-0.2, 0) is 14.3 Å². The average molecular weight is 266 g/mol. The Balaban J connectivity index is 2.93. The van der Waals surface area contributed by atoms with Crippen molar-refractivity contribution >= 4 is 22.3 Å². The molecule has 0 aromatic carbocycles. The molecule has 0 aromatic heterocycles. The van der Waals surface area contributed by atoms with E-state index in [1.165, 1.54) is 6.92 Å². The number of halogens is 3. The van der Waals surface area contributed by atoms with E-state index in [1.54, 1.807) is 6.92 Å². The molecule has 7 heteroatoms. The number of hydrogen-bond acceptors (Lipinski definition) is 3. The molecule has 1 unspecified atom stereocenters. The first-order chi connectivity index (χ1) is 7.65. The molecule has 1 rings (SSSR count). The van der Waals surface area contributed by atoms with E-state index >= 15 is 0 Å². The summed E-state index contributed by atoms with van der Waals surface area (Å²) in [5, 5.41) is 0. The van der Waals surface area contributed by atoms with Gasteiger partial charge in [-0.05, 0) is 19.8 Å². The maximum atomic E-state index is 12.9. The number of esters is 1. The minimum Gasteiger partial charge on any atom is -0.464 e. The molecule has 4 atom stereocenters. The summed E-state index contributed by atoms with van der Waals surface area (Å²) >= 11 is 2.24. The van der Waals surface area contributed by atoms with E-state index in [4.69, 9.17) is 9.47 Å². The topological polar surface area (TPSA) is 35.5 Å². The second-order valence-corrected chi connectivity index (χ2v) is 5.03. The van der Waals surface area contributed by atoms with E-state index in [0.29, 0.717) is 0 Å². The van der Waals surface area contributed by atoms with Crippen LogP contribution in [0.5, 0.6) is 0 Å². The van der Waals surface area contributed by atoms with Crippen LogP contribution < -0.4 is 0 Å². The molecule has 1 aliphatic rings. The molecule has 1 aliphatic heterocycles. The van der Waals surface area contributed by atoms with Gasteiger partial charge in [0.15, 0.2) is 5.60 Å². The summed E-state index contributed by atoms with van der Waals surface area (Å²) in [4.78, 5) is 11.5. The minimum absolute atomic E-state index is 0.118. The van der Waals surface area contributed by atoms with Crippen molar-refractivity contribution < 1.29 is 27.4 Å². The predicted octanol–water partition coefficient (Wildman–Crippen LogP) is 1.86. The molecule has 2 radical (unpaired) electrons. The molecular formula is C10H14AlF3O3. The predicted molar refractivity (Wildman–Crippen MR) is 54.6 cm³/mol. The van der Waals surface area contributed by atoms with Gasteiger partial charge in [0.2, 0.25) is 0 Å². The van der Waals surface area contributed by atoms with Crippen LogP contribution in [0.1, 0.15) is 20.8 Å². The quantitative estimate of drug-likeness (QED) is 0.565. The third-order valence-corrected chi connectivity index (χ3v) is 4.18. The van der Waals surface area contributed by atoms with Gasteiger partial charge in [-0.25, -0.2) is 4.79 Å². The van der Waals surface area contributed by atoms with Crippen LogP contribution in [0.15, 0.2) is 0 Å². The summed E-state index contributed by atoms with van der Waals surface area (Å²) in [7, 11) is 0. The van der Waals surface area contributed by atoms with E-state index in [-0.39, 0.29) is 6.61 Å². The molecule has 17 heavy (non-hydrogen) atoms. The Bertz CT molecular complexity index is 308. The van der Waals surface area contributed by atoms with E-state index in [1.807, 2.05) is 0 Å². The first-order valence-electron chi connectivity index (χ1n) is 5.32. The fourth-order valence-corrected chi connectivity index (χ4v) is 2.44. The summed E-state index contributed by atoms with van der Waals surface area (Å²) in [6.45, 7) is 4.10. The van der Waals surface area contributed by atoms with Gasteiger partial charge in [0.25, 0.3) is 0 Å². The molecular weight excluding hydrogens is 252 g/mol. The SMILES string of the molecule is CCOC(=O)C1O[C@@](C)(C(F)(F)F)[C@@H](C)[C@H]1[Al]. The van der Waals surface area contributed by atoms with Crippen LogP contribution in [0, 0.1) is 5.92 Å². The third-order valence-electron chi connectivity index (χ3n) is 3.25. The number of hydrogen-bond donors (Lipinski definition) is 0. The van der Waals surface area contributed by atoms with E-state index in [2.05, 4.69) is 16.3 Å². The zero-order valence-electron chi connectivity index (χ0n) is 9.88. The number of carbonyl (C=O) groups excluding carboxylic acids is 1. The highest BCUT2D eigenvalue weighted by atomic mass is 27.0. The van der Waals surface area contributed by atoms with Crippen LogP contribution in [-0.4, -0.2) is 46.7 Å². The molecule has 0 aromatic rings. The lowest BCUT2D eigenvalue weighted by molar-refractivity contribution is -0.274. The second kappa shape index (κ2) is 4.79. The molecule has 1 fully saturated rings. The lowest BCUT2D eigenvalue weighted by atomic mass is 9.89.